The second kappa shape index (κ2) is 5.75. The van der Waals surface area contributed by atoms with Crippen molar-refractivity contribution < 1.29 is 21.4 Å². The van der Waals surface area contributed by atoms with Crippen molar-refractivity contribution in [3.63, 3.8) is 0 Å². The van der Waals surface area contributed by atoms with E-state index in [2.05, 4.69) is 4.98 Å². The van der Waals surface area contributed by atoms with Gasteiger partial charge in [-0.2, -0.15) is 0 Å². The van der Waals surface area contributed by atoms with E-state index in [1.54, 1.807) is 20.8 Å². The Kier molecular flexibility index (Phi) is 3.47. The number of rotatable bonds is 1. The number of aromatic nitrogens is 1. The molecule has 0 bridgehead atoms. The van der Waals surface area contributed by atoms with Crippen LogP contribution in [0.5, 0.6) is 0 Å². The largest absolute Gasteiger partial charge is 0.444 e. The molecule has 1 aliphatic rings. The molecule has 110 valence electrons. The summed E-state index contributed by atoms with van der Waals surface area (Å²) in [5.41, 5.74) is -0.291. The molecule has 1 saturated heterocycles. The van der Waals surface area contributed by atoms with Crippen LogP contribution in [0.4, 0.5) is 9.18 Å². The van der Waals surface area contributed by atoms with E-state index in [0.717, 1.165) is 11.1 Å². The molecule has 1 aliphatic heterocycles. The summed E-state index contributed by atoms with van der Waals surface area (Å²) in [5, 5.41) is 0. The van der Waals surface area contributed by atoms with Crippen molar-refractivity contribution in [1.82, 2.24) is 9.88 Å². The number of pyridine rings is 1. The third kappa shape index (κ3) is 3.90. The molecule has 0 unspecified atom stereocenters. The third-order valence-electron chi connectivity index (χ3n) is 2.58. The molecule has 5 nitrogen and oxygen atoms in total. The molecule has 0 N–H and O–H groups in total. The minimum absolute atomic E-state index is 0.0550. The van der Waals surface area contributed by atoms with Gasteiger partial charge in [0.15, 0.2) is 0 Å². The second-order valence-corrected chi connectivity index (χ2v) is 5.45. The van der Waals surface area contributed by atoms with Crippen molar-refractivity contribution in [2.45, 2.75) is 32.5 Å². The van der Waals surface area contributed by atoms with E-state index < -0.39 is 30.1 Å². The number of carbonyl (C=O) groups is 1. The van der Waals surface area contributed by atoms with Gasteiger partial charge in [0.05, 0.1) is 27.8 Å². The first-order valence-electron chi connectivity index (χ1n) is 7.32. The van der Waals surface area contributed by atoms with Crippen LogP contribution in [0.3, 0.4) is 0 Å². The van der Waals surface area contributed by atoms with Gasteiger partial charge in [0.25, 0.3) is 0 Å². The molecule has 1 aromatic rings. The number of amides is 1. The van der Waals surface area contributed by atoms with Crippen molar-refractivity contribution >= 4 is 6.09 Å². The van der Waals surface area contributed by atoms with E-state index in [0.29, 0.717) is 5.69 Å². The van der Waals surface area contributed by atoms with E-state index in [1.165, 1.54) is 12.1 Å². The van der Waals surface area contributed by atoms with Crippen molar-refractivity contribution in [1.29, 1.82) is 0 Å². The maximum absolute atomic E-state index is 12.9. The van der Waals surface area contributed by atoms with E-state index >= 15 is 0 Å². The van der Waals surface area contributed by atoms with Gasteiger partial charge in [0.1, 0.15) is 17.5 Å². The van der Waals surface area contributed by atoms with Crippen LogP contribution in [0.2, 0.25) is 0 Å². The zero-order valence-electron chi connectivity index (χ0n) is 13.7. The Hall–Kier alpha value is -1.69. The van der Waals surface area contributed by atoms with E-state index in [4.69, 9.17) is 12.2 Å². The number of nitrogens with zero attached hydrogens (tertiary/aromatic N) is 2. The first-order valence-corrected chi connectivity index (χ1v) is 6.32. The lowest BCUT2D eigenvalue weighted by atomic mass is 10.2. The Morgan fingerprint density at radius 3 is 2.95 bits per heavy atom. The number of hydrogen-bond donors (Lipinski definition) is 0. The molecule has 0 aliphatic carbocycles. The number of hydrogen-bond acceptors (Lipinski definition) is 4. The van der Waals surface area contributed by atoms with Crippen LogP contribution >= 0.6 is 0 Å². The van der Waals surface area contributed by atoms with E-state index in [1.807, 2.05) is 0 Å². The zero-order valence-corrected chi connectivity index (χ0v) is 11.7. The average molecular weight is 284 g/mol. The lowest BCUT2D eigenvalue weighted by Gasteiger charge is -2.33. The Morgan fingerprint density at radius 2 is 2.35 bits per heavy atom. The molecule has 2 heterocycles. The maximum atomic E-state index is 12.9. The topological polar surface area (TPSA) is 51.7 Å². The number of morpholine rings is 1. The predicted octanol–water partition coefficient (Wildman–Crippen LogP) is 2.53. The zero-order chi connectivity index (χ0) is 16.5. The van der Waals surface area contributed by atoms with Crippen molar-refractivity contribution in [2.24, 2.45) is 0 Å². The molecule has 0 aromatic carbocycles. The van der Waals surface area contributed by atoms with Crippen LogP contribution in [-0.2, 0) is 9.47 Å². The van der Waals surface area contributed by atoms with Crippen molar-refractivity contribution in [3.05, 3.63) is 29.8 Å². The number of ether oxygens (including phenoxy) is 2. The fourth-order valence-electron chi connectivity index (χ4n) is 1.71. The molecule has 0 saturated carbocycles. The maximum Gasteiger partial charge on any atom is 0.410 e. The van der Waals surface area contributed by atoms with Gasteiger partial charge >= 0.3 is 6.09 Å². The molecule has 1 atom stereocenters. The fraction of sp³-hybridized carbons (Fsp3) is 0.571. The van der Waals surface area contributed by atoms with Gasteiger partial charge in [0.2, 0.25) is 0 Å². The highest BCUT2D eigenvalue weighted by Crippen LogP contribution is 2.22. The number of carbonyl (C=O) groups excluding carboxylic acids is 1. The van der Waals surface area contributed by atoms with Crippen LogP contribution in [-0.4, -0.2) is 41.2 Å². The minimum Gasteiger partial charge on any atom is -0.444 e. The highest BCUT2D eigenvalue weighted by atomic mass is 19.1. The summed E-state index contributed by atoms with van der Waals surface area (Å²) in [5.74, 6) is -0.473. The van der Waals surface area contributed by atoms with E-state index in [9.17, 15) is 9.18 Å². The minimum atomic E-state index is -1.97. The molecular weight excluding hydrogens is 263 g/mol. The molecule has 1 fully saturated rings. The highest BCUT2D eigenvalue weighted by molar-refractivity contribution is 5.68. The molecule has 0 radical (unpaired) electrons. The third-order valence-corrected chi connectivity index (χ3v) is 2.58. The van der Waals surface area contributed by atoms with Crippen LogP contribution in [0.1, 0.15) is 35.3 Å². The van der Waals surface area contributed by atoms with Crippen molar-refractivity contribution in [3.8, 4) is 0 Å². The molecule has 0 spiro atoms. The van der Waals surface area contributed by atoms with Gasteiger partial charge in [-0.05, 0) is 32.9 Å². The normalized spacial score (nSPS) is 23.8. The summed E-state index contributed by atoms with van der Waals surface area (Å²) in [7, 11) is 0. The molecule has 1 amide bonds. The van der Waals surface area contributed by atoms with Crippen LogP contribution < -0.4 is 0 Å². The Labute approximate surface area is 120 Å². The van der Waals surface area contributed by atoms with Crippen LogP contribution in [0, 0.1) is 5.82 Å². The SMILES string of the molecule is [2H]C1([2H])CO[C@H](c2ccc(F)cn2)CN1C(=O)OC(C)(C)C. The van der Waals surface area contributed by atoms with Gasteiger partial charge in [-0.25, -0.2) is 9.18 Å². The summed E-state index contributed by atoms with van der Waals surface area (Å²) in [4.78, 5) is 17.1. The van der Waals surface area contributed by atoms with E-state index in [-0.39, 0.29) is 13.2 Å². The predicted molar refractivity (Wildman–Crippen MR) is 70.7 cm³/mol. The molecular formula is C14H19FN2O3. The van der Waals surface area contributed by atoms with Gasteiger partial charge < -0.3 is 14.4 Å². The summed E-state index contributed by atoms with van der Waals surface area (Å²) < 4.78 is 39.4. The van der Waals surface area contributed by atoms with Crippen LogP contribution in [0.15, 0.2) is 18.3 Å². The summed E-state index contributed by atoms with van der Waals surface area (Å²) in [6.07, 6.45) is -0.329. The quantitative estimate of drug-likeness (QED) is 0.795. The monoisotopic (exact) mass is 284 g/mol. The summed E-state index contributed by atoms with van der Waals surface area (Å²) in [6, 6.07) is 2.70. The van der Waals surface area contributed by atoms with Crippen molar-refractivity contribution in [2.75, 3.05) is 19.6 Å². The van der Waals surface area contributed by atoms with Crippen LogP contribution in [0.25, 0.3) is 0 Å². The van der Waals surface area contributed by atoms with Gasteiger partial charge in [-0.1, -0.05) is 0 Å². The smallest absolute Gasteiger partial charge is 0.410 e. The standard InChI is InChI=1S/C14H19FN2O3/c1-14(2,3)20-13(18)17-6-7-19-12(9-17)11-5-4-10(15)8-16-11/h4-5,8,12H,6-7,9H2,1-3H3/t12-/m0/s1/i6D2. The molecule has 2 rings (SSSR count). The summed E-state index contributed by atoms with van der Waals surface area (Å²) in [6.45, 7) is 2.79. The molecule has 6 heteroatoms. The Bertz CT molecular complexity index is 546. The van der Waals surface area contributed by atoms with Gasteiger partial charge in [-0.15, -0.1) is 0 Å². The van der Waals surface area contributed by atoms with Gasteiger partial charge in [-0.3, -0.25) is 4.98 Å². The lowest BCUT2D eigenvalue weighted by Crippen LogP contribution is -2.44. The lowest BCUT2D eigenvalue weighted by molar-refractivity contribution is -0.0447. The first kappa shape index (κ1) is 12.1. The highest BCUT2D eigenvalue weighted by Gasteiger charge is 2.29. The average Bonchev–Trinajstić information content (AvgIpc) is 2.37. The van der Waals surface area contributed by atoms with Gasteiger partial charge in [0, 0.05) is 6.50 Å². The fourth-order valence-corrected chi connectivity index (χ4v) is 1.71. The number of halogens is 1. The Balaban J connectivity index is 2.16. The molecule has 1 aromatic heterocycles. The molecule has 20 heavy (non-hydrogen) atoms. The second-order valence-electron chi connectivity index (χ2n) is 5.45. The first-order chi connectivity index (χ1) is 10.1. The Morgan fingerprint density at radius 1 is 1.60 bits per heavy atom. The summed E-state index contributed by atoms with van der Waals surface area (Å²) >= 11 is 0.